The average molecular weight is 289 g/mol. The van der Waals surface area contributed by atoms with Crippen LogP contribution in [0.4, 0.5) is 0 Å². The van der Waals surface area contributed by atoms with Crippen molar-refractivity contribution in [2.24, 2.45) is 0 Å². The number of nitrogens with one attached hydrogen (secondary N) is 2. The SMILES string of the molecule is CC(C)NC(NC(C)C)=[N+]([Si](C)(C)C)[Si](C)(C)C. The Kier molecular flexibility index (Phi) is 6.13. The van der Waals surface area contributed by atoms with Crippen LogP contribution in [0.25, 0.3) is 0 Å². The van der Waals surface area contributed by atoms with Gasteiger partial charge in [0.15, 0.2) is 0 Å². The average Bonchev–Trinajstić information content (AvgIpc) is 1.93. The Morgan fingerprint density at radius 1 is 0.722 bits per heavy atom. The molecule has 2 N–H and O–H groups in total. The van der Waals surface area contributed by atoms with Crippen molar-refractivity contribution in [3.63, 3.8) is 0 Å². The lowest BCUT2D eigenvalue weighted by molar-refractivity contribution is -0.256. The zero-order chi connectivity index (χ0) is 14.7. The monoisotopic (exact) mass is 288 g/mol. The Labute approximate surface area is 116 Å². The minimum absolute atomic E-state index is 0.460. The molecule has 5 heteroatoms. The van der Waals surface area contributed by atoms with E-state index < -0.39 is 16.5 Å². The van der Waals surface area contributed by atoms with Gasteiger partial charge in [-0.3, -0.25) is 10.6 Å². The third kappa shape index (κ3) is 6.04. The highest BCUT2D eigenvalue weighted by molar-refractivity contribution is 6.81. The van der Waals surface area contributed by atoms with Gasteiger partial charge in [0.05, 0.1) is 12.1 Å². The fourth-order valence-corrected chi connectivity index (χ4v) is 12.0. The Balaban J connectivity index is 5.69. The van der Waals surface area contributed by atoms with E-state index in [1.165, 1.54) is 5.96 Å². The molecule has 0 aliphatic heterocycles. The first-order valence-corrected chi connectivity index (χ1v) is 14.0. The summed E-state index contributed by atoms with van der Waals surface area (Å²) in [5, 5.41) is 7.25. The highest BCUT2D eigenvalue weighted by Crippen LogP contribution is 2.14. The fourth-order valence-electron chi connectivity index (χ4n) is 2.39. The summed E-state index contributed by atoms with van der Waals surface area (Å²) in [5.41, 5.74) is 0. The lowest BCUT2D eigenvalue weighted by Crippen LogP contribution is -2.62. The minimum Gasteiger partial charge on any atom is -0.348 e. The predicted octanol–water partition coefficient (Wildman–Crippen LogP) is 3.02. The van der Waals surface area contributed by atoms with Crippen molar-refractivity contribution >= 4 is 22.4 Å². The molecule has 0 saturated carbocycles. The van der Waals surface area contributed by atoms with Gasteiger partial charge in [0.2, 0.25) is 16.5 Å². The molecule has 0 heterocycles. The zero-order valence-electron chi connectivity index (χ0n) is 14.1. The molecule has 0 unspecified atom stereocenters. The molecule has 0 rings (SSSR count). The van der Waals surface area contributed by atoms with Crippen molar-refractivity contribution < 1.29 is 3.91 Å². The summed E-state index contributed by atoms with van der Waals surface area (Å²) in [6.07, 6.45) is 0. The molecule has 0 aromatic rings. The molecule has 0 aliphatic rings. The van der Waals surface area contributed by atoms with Gasteiger partial charge in [-0.1, -0.05) is 0 Å². The summed E-state index contributed by atoms with van der Waals surface area (Å²) >= 11 is 0. The molecular formula is C13H34N3Si2+. The van der Waals surface area contributed by atoms with Crippen molar-refractivity contribution in [2.45, 2.75) is 79.1 Å². The maximum absolute atomic E-state index is 3.63. The largest absolute Gasteiger partial charge is 0.348 e. The van der Waals surface area contributed by atoms with Crippen LogP contribution < -0.4 is 10.6 Å². The third-order valence-corrected chi connectivity index (χ3v) is 9.57. The van der Waals surface area contributed by atoms with Crippen LogP contribution >= 0.6 is 0 Å². The van der Waals surface area contributed by atoms with Crippen LogP contribution in [0.3, 0.4) is 0 Å². The van der Waals surface area contributed by atoms with E-state index in [0.717, 1.165) is 0 Å². The van der Waals surface area contributed by atoms with E-state index in [0.29, 0.717) is 12.1 Å². The van der Waals surface area contributed by atoms with Gasteiger partial charge < -0.3 is 3.91 Å². The number of hydrogen-bond donors (Lipinski definition) is 2. The summed E-state index contributed by atoms with van der Waals surface area (Å²) < 4.78 is 2.71. The summed E-state index contributed by atoms with van der Waals surface area (Å²) in [7, 11) is -2.77. The van der Waals surface area contributed by atoms with Crippen molar-refractivity contribution in [3.8, 4) is 0 Å². The molecule has 0 aromatic heterocycles. The zero-order valence-corrected chi connectivity index (χ0v) is 16.1. The van der Waals surface area contributed by atoms with Crippen LogP contribution in [0.2, 0.25) is 39.3 Å². The van der Waals surface area contributed by atoms with Gasteiger partial charge in [-0.25, -0.2) is 0 Å². The smallest absolute Gasteiger partial charge is 0.321 e. The van der Waals surface area contributed by atoms with Crippen LogP contribution in [0, 0.1) is 0 Å². The topological polar surface area (TPSA) is 27.1 Å². The Morgan fingerprint density at radius 2 is 1.00 bits per heavy atom. The highest BCUT2D eigenvalue weighted by Gasteiger charge is 2.37. The van der Waals surface area contributed by atoms with E-state index in [-0.39, 0.29) is 0 Å². The maximum atomic E-state index is 3.63. The Morgan fingerprint density at radius 3 is 1.17 bits per heavy atom. The summed E-state index contributed by atoms with van der Waals surface area (Å²) in [4.78, 5) is 0. The van der Waals surface area contributed by atoms with Crippen LogP contribution in [0.15, 0.2) is 0 Å². The van der Waals surface area contributed by atoms with Crippen LogP contribution in [0.1, 0.15) is 27.7 Å². The number of hydrogen-bond acceptors (Lipinski definition) is 0. The number of guanidine groups is 1. The molecule has 0 aliphatic carbocycles. The Bertz CT molecular complexity index is 268. The van der Waals surface area contributed by atoms with Gasteiger partial charge in [0.25, 0.3) is 0 Å². The van der Waals surface area contributed by atoms with Crippen molar-refractivity contribution in [1.29, 1.82) is 0 Å². The fraction of sp³-hybridized carbons (Fsp3) is 0.923. The first-order chi connectivity index (χ1) is 7.85. The molecule has 108 valence electrons. The van der Waals surface area contributed by atoms with Crippen LogP contribution in [0.5, 0.6) is 0 Å². The molecule has 0 spiro atoms. The number of nitrogens with zero attached hydrogens (tertiary/aromatic N) is 1. The molecule has 3 nitrogen and oxygen atoms in total. The van der Waals surface area contributed by atoms with Crippen molar-refractivity contribution in [2.75, 3.05) is 0 Å². The maximum Gasteiger partial charge on any atom is 0.321 e. The lowest BCUT2D eigenvalue weighted by atomic mass is 10.4. The second-order valence-corrected chi connectivity index (χ2v) is 17.6. The van der Waals surface area contributed by atoms with Gasteiger partial charge in [-0.05, 0) is 67.0 Å². The van der Waals surface area contributed by atoms with Gasteiger partial charge in [-0.15, -0.1) is 0 Å². The normalized spacial score (nSPS) is 12.9. The van der Waals surface area contributed by atoms with Gasteiger partial charge in [0.1, 0.15) is 0 Å². The van der Waals surface area contributed by atoms with E-state index in [1.54, 1.807) is 0 Å². The van der Waals surface area contributed by atoms with E-state index in [4.69, 9.17) is 0 Å². The first kappa shape index (κ1) is 17.7. The quantitative estimate of drug-likeness (QED) is 0.473. The molecule has 0 saturated heterocycles. The third-order valence-electron chi connectivity index (χ3n) is 2.42. The first-order valence-electron chi connectivity index (χ1n) is 7.06. The molecule has 0 bridgehead atoms. The summed E-state index contributed by atoms with van der Waals surface area (Å²) in [5.74, 6) is 1.25. The minimum atomic E-state index is -1.39. The molecule has 0 atom stereocenters. The van der Waals surface area contributed by atoms with Crippen LogP contribution in [-0.4, -0.2) is 38.4 Å². The van der Waals surface area contributed by atoms with Gasteiger partial charge in [-0.2, -0.15) is 0 Å². The molecule has 0 fully saturated rings. The summed E-state index contributed by atoms with van der Waals surface area (Å²) in [6, 6.07) is 0.919. The van der Waals surface area contributed by atoms with E-state index >= 15 is 0 Å². The van der Waals surface area contributed by atoms with Gasteiger partial charge >= 0.3 is 5.96 Å². The molecule has 0 amide bonds. The second kappa shape index (κ2) is 6.23. The van der Waals surface area contributed by atoms with Crippen molar-refractivity contribution in [1.82, 2.24) is 10.6 Å². The van der Waals surface area contributed by atoms with E-state index in [1.807, 2.05) is 0 Å². The molecule has 0 aromatic carbocycles. The molecular weight excluding hydrogens is 254 g/mol. The van der Waals surface area contributed by atoms with Gasteiger partial charge in [0, 0.05) is 0 Å². The highest BCUT2D eigenvalue weighted by atomic mass is 28.4. The van der Waals surface area contributed by atoms with E-state index in [9.17, 15) is 0 Å². The number of rotatable bonds is 4. The standard InChI is InChI=1S/C13H33N3Si2/c1-11(2)14-13(15-12(3)4)16(17(5,6)7)18(8,9)10/h11-12H,1-10H3,(H,14,15)/p+1. The lowest BCUT2D eigenvalue weighted by Gasteiger charge is -2.34. The predicted molar refractivity (Wildman–Crippen MR) is 88.5 cm³/mol. The second-order valence-electron chi connectivity index (χ2n) is 7.62. The van der Waals surface area contributed by atoms with Crippen molar-refractivity contribution in [3.05, 3.63) is 0 Å². The van der Waals surface area contributed by atoms with E-state index in [2.05, 4.69) is 81.5 Å². The Hall–Kier alpha value is -0.296. The van der Waals surface area contributed by atoms with Crippen LogP contribution in [-0.2, 0) is 0 Å². The summed E-state index contributed by atoms with van der Waals surface area (Å²) in [6.45, 7) is 23.4. The molecule has 0 radical (unpaired) electrons. The molecule has 18 heavy (non-hydrogen) atoms.